The molecule has 4 heterocycles. The second kappa shape index (κ2) is 6.09. The van der Waals surface area contributed by atoms with E-state index in [9.17, 15) is 4.79 Å². The van der Waals surface area contributed by atoms with Gasteiger partial charge in [-0.05, 0) is 38.0 Å². The predicted molar refractivity (Wildman–Crippen MR) is 85.6 cm³/mol. The Bertz CT molecular complexity index is 863. The average molecular weight is 327 g/mol. The van der Waals surface area contributed by atoms with Gasteiger partial charge in [0.25, 0.3) is 11.6 Å². The third-order valence-corrected chi connectivity index (χ3v) is 4.15. The van der Waals surface area contributed by atoms with Gasteiger partial charge >= 0.3 is 0 Å². The third-order valence-electron chi connectivity index (χ3n) is 4.15. The largest absolute Gasteiger partial charge is 0.463 e. The van der Waals surface area contributed by atoms with Crippen LogP contribution in [0, 0.1) is 6.92 Å². The first-order chi connectivity index (χ1) is 11.7. The van der Waals surface area contributed by atoms with E-state index in [0.29, 0.717) is 40.4 Å². The number of nitrogens with zero attached hydrogens (tertiary/aromatic N) is 2. The number of carbonyl (C=O) groups is 1. The van der Waals surface area contributed by atoms with E-state index in [1.165, 1.54) is 0 Å². The molecule has 1 amide bonds. The van der Waals surface area contributed by atoms with E-state index >= 15 is 0 Å². The van der Waals surface area contributed by atoms with E-state index in [-0.39, 0.29) is 12.0 Å². The van der Waals surface area contributed by atoms with E-state index < -0.39 is 0 Å². The fraction of sp³-hybridized carbons (Fsp3) is 0.353. The van der Waals surface area contributed by atoms with Crippen LogP contribution in [0.25, 0.3) is 22.6 Å². The number of pyridine rings is 1. The molecule has 0 radical (unpaired) electrons. The van der Waals surface area contributed by atoms with Gasteiger partial charge < -0.3 is 19.0 Å². The zero-order valence-electron chi connectivity index (χ0n) is 13.2. The smallest absolute Gasteiger partial charge is 0.259 e. The topological polar surface area (TPSA) is 90.4 Å². The quantitative estimate of drug-likeness (QED) is 0.792. The summed E-state index contributed by atoms with van der Waals surface area (Å²) >= 11 is 0. The van der Waals surface area contributed by atoms with Crippen molar-refractivity contribution in [3.05, 3.63) is 35.7 Å². The summed E-state index contributed by atoms with van der Waals surface area (Å²) in [4.78, 5) is 17.1. The molecule has 0 aromatic carbocycles. The van der Waals surface area contributed by atoms with Gasteiger partial charge in [-0.3, -0.25) is 4.79 Å². The summed E-state index contributed by atoms with van der Waals surface area (Å²) in [5.41, 5.74) is 1.96. The minimum Gasteiger partial charge on any atom is -0.463 e. The zero-order valence-corrected chi connectivity index (χ0v) is 13.2. The van der Waals surface area contributed by atoms with Crippen molar-refractivity contribution in [2.75, 3.05) is 13.2 Å². The number of nitrogens with one attached hydrogen (secondary N) is 1. The third kappa shape index (κ3) is 2.67. The lowest BCUT2D eigenvalue weighted by Crippen LogP contribution is -2.32. The first-order valence-electron chi connectivity index (χ1n) is 7.93. The summed E-state index contributed by atoms with van der Waals surface area (Å²) in [6, 6.07) is 5.26. The van der Waals surface area contributed by atoms with Crippen LogP contribution in [0.1, 0.15) is 28.9 Å². The second-order valence-electron chi connectivity index (χ2n) is 5.83. The fourth-order valence-corrected chi connectivity index (χ4v) is 2.93. The first kappa shape index (κ1) is 14.9. The summed E-state index contributed by atoms with van der Waals surface area (Å²) in [6.45, 7) is 3.04. The van der Waals surface area contributed by atoms with Crippen LogP contribution in [-0.4, -0.2) is 35.3 Å². The van der Waals surface area contributed by atoms with E-state index in [4.69, 9.17) is 13.7 Å². The molecule has 0 spiro atoms. The molecule has 3 aromatic rings. The normalized spacial score (nSPS) is 17.5. The number of hydrogen-bond acceptors (Lipinski definition) is 6. The Balaban J connectivity index is 1.69. The fourth-order valence-electron chi connectivity index (χ4n) is 2.93. The van der Waals surface area contributed by atoms with Crippen molar-refractivity contribution in [2.45, 2.75) is 25.9 Å². The number of amides is 1. The van der Waals surface area contributed by atoms with Crippen LogP contribution < -0.4 is 5.32 Å². The Morgan fingerprint density at radius 1 is 1.46 bits per heavy atom. The molecule has 1 N–H and O–H groups in total. The van der Waals surface area contributed by atoms with E-state index in [1.54, 1.807) is 31.4 Å². The molecule has 1 saturated heterocycles. The highest BCUT2D eigenvalue weighted by atomic mass is 16.5. The van der Waals surface area contributed by atoms with E-state index in [0.717, 1.165) is 19.4 Å². The van der Waals surface area contributed by atoms with Gasteiger partial charge in [0.2, 0.25) is 0 Å². The number of aryl methyl sites for hydroxylation is 1. The lowest BCUT2D eigenvalue weighted by molar-refractivity contribution is 0.0859. The van der Waals surface area contributed by atoms with E-state index in [2.05, 4.69) is 15.5 Å². The van der Waals surface area contributed by atoms with Crippen molar-refractivity contribution in [3.63, 3.8) is 0 Å². The average Bonchev–Trinajstić information content (AvgIpc) is 3.34. The second-order valence-corrected chi connectivity index (χ2v) is 5.83. The number of carbonyl (C=O) groups excluding carboxylic acids is 1. The molecule has 24 heavy (non-hydrogen) atoms. The Labute approximate surface area is 138 Å². The van der Waals surface area contributed by atoms with Gasteiger partial charge in [-0.25, -0.2) is 4.98 Å². The SMILES string of the molecule is Cc1noc2nc(-c3ccco3)cc(C(=O)NC[C@@H]3CCCO3)c12. The maximum atomic E-state index is 12.7. The minimum absolute atomic E-state index is 0.0828. The molecule has 3 aromatic heterocycles. The van der Waals surface area contributed by atoms with Crippen LogP contribution in [0.3, 0.4) is 0 Å². The molecule has 0 unspecified atom stereocenters. The molecule has 124 valence electrons. The van der Waals surface area contributed by atoms with Gasteiger partial charge in [0.15, 0.2) is 5.76 Å². The molecule has 0 bridgehead atoms. The number of fused-ring (bicyclic) bond motifs is 1. The lowest BCUT2D eigenvalue weighted by Gasteiger charge is -2.11. The summed E-state index contributed by atoms with van der Waals surface area (Å²) in [5.74, 6) is 0.371. The lowest BCUT2D eigenvalue weighted by atomic mass is 10.1. The number of rotatable bonds is 4. The molecule has 1 atom stereocenters. The van der Waals surface area contributed by atoms with Crippen molar-refractivity contribution in [2.24, 2.45) is 0 Å². The van der Waals surface area contributed by atoms with Crippen LogP contribution in [0.15, 0.2) is 33.4 Å². The number of ether oxygens (including phenoxy) is 1. The number of aromatic nitrogens is 2. The molecule has 1 fully saturated rings. The first-order valence-corrected chi connectivity index (χ1v) is 7.93. The predicted octanol–water partition coefficient (Wildman–Crippen LogP) is 2.70. The van der Waals surface area contributed by atoms with Crippen LogP contribution in [0.2, 0.25) is 0 Å². The summed E-state index contributed by atoms with van der Waals surface area (Å²) in [5, 5.41) is 7.48. The Hall–Kier alpha value is -2.67. The summed E-state index contributed by atoms with van der Waals surface area (Å²) in [7, 11) is 0. The molecule has 1 aliphatic rings. The van der Waals surface area contributed by atoms with Crippen molar-refractivity contribution >= 4 is 17.0 Å². The molecule has 7 nitrogen and oxygen atoms in total. The van der Waals surface area contributed by atoms with Crippen LogP contribution in [0.4, 0.5) is 0 Å². The van der Waals surface area contributed by atoms with Gasteiger partial charge in [-0.1, -0.05) is 5.16 Å². The van der Waals surface area contributed by atoms with Gasteiger partial charge in [0.1, 0.15) is 5.69 Å². The molecule has 7 heteroatoms. The van der Waals surface area contributed by atoms with Gasteiger partial charge in [0.05, 0.1) is 29.0 Å². The molecular weight excluding hydrogens is 310 g/mol. The van der Waals surface area contributed by atoms with Gasteiger partial charge in [-0.2, -0.15) is 0 Å². The zero-order chi connectivity index (χ0) is 16.5. The van der Waals surface area contributed by atoms with E-state index in [1.807, 2.05) is 0 Å². The van der Waals surface area contributed by atoms with Gasteiger partial charge in [0, 0.05) is 13.2 Å². The molecular formula is C17H17N3O4. The Morgan fingerprint density at radius 2 is 2.38 bits per heavy atom. The standard InChI is InChI=1S/C17H17N3O4/c1-10-15-12(16(21)18-9-11-4-2-6-22-11)8-13(14-5-3-7-23-14)19-17(15)24-20-10/h3,5,7-8,11H,2,4,6,9H2,1H3,(H,18,21)/t11-/m0/s1. The van der Waals surface area contributed by atoms with Crippen molar-refractivity contribution in [3.8, 4) is 11.5 Å². The summed E-state index contributed by atoms with van der Waals surface area (Å²) < 4.78 is 16.2. The molecule has 1 aliphatic heterocycles. The molecule has 0 aliphatic carbocycles. The highest BCUT2D eigenvalue weighted by Crippen LogP contribution is 2.27. The maximum Gasteiger partial charge on any atom is 0.259 e. The maximum absolute atomic E-state index is 12.7. The van der Waals surface area contributed by atoms with Crippen molar-refractivity contribution in [1.82, 2.24) is 15.5 Å². The highest BCUT2D eigenvalue weighted by molar-refractivity contribution is 6.06. The highest BCUT2D eigenvalue weighted by Gasteiger charge is 2.22. The van der Waals surface area contributed by atoms with Crippen molar-refractivity contribution < 1.29 is 18.5 Å². The number of hydrogen-bond donors (Lipinski definition) is 1. The number of furan rings is 1. The molecule has 4 rings (SSSR count). The summed E-state index contributed by atoms with van der Waals surface area (Å²) in [6.07, 6.45) is 3.65. The monoisotopic (exact) mass is 327 g/mol. The van der Waals surface area contributed by atoms with Crippen LogP contribution in [-0.2, 0) is 4.74 Å². The molecule has 0 saturated carbocycles. The van der Waals surface area contributed by atoms with Crippen LogP contribution in [0.5, 0.6) is 0 Å². The van der Waals surface area contributed by atoms with Crippen LogP contribution >= 0.6 is 0 Å². The Kier molecular flexibility index (Phi) is 3.78. The minimum atomic E-state index is -0.197. The van der Waals surface area contributed by atoms with Gasteiger partial charge in [-0.15, -0.1) is 0 Å². The van der Waals surface area contributed by atoms with Crippen molar-refractivity contribution in [1.29, 1.82) is 0 Å². The Morgan fingerprint density at radius 3 is 3.12 bits per heavy atom.